The molecule has 12 atom stereocenters. The van der Waals surface area contributed by atoms with Crippen molar-refractivity contribution in [3.8, 4) is 5.75 Å². The Morgan fingerprint density at radius 3 is 2.24 bits per heavy atom. The number of ketones is 2. The molecule has 4 aliphatic rings. The van der Waals surface area contributed by atoms with Crippen molar-refractivity contribution in [1.29, 1.82) is 0 Å². The van der Waals surface area contributed by atoms with Gasteiger partial charge in [-0.1, -0.05) is 27.2 Å². The lowest BCUT2D eigenvalue weighted by molar-refractivity contribution is -0.145. The molecular weight excluding hydrogens is 1020 g/mol. The van der Waals surface area contributed by atoms with Crippen LogP contribution in [0.15, 0.2) is 23.2 Å². The largest absolute Gasteiger partial charge is 0.492 e. The number of aliphatic hydroxyl groups excluding tert-OH is 3. The minimum absolute atomic E-state index is 0.0494. The van der Waals surface area contributed by atoms with Crippen molar-refractivity contribution in [2.75, 3.05) is 51.4 Å². The molecule has 0 aliphatic carbocycles. The van der Waals surface area contributed by atoms with Crippen LogP contribution in [0.2, 0.25) is 0 Å². The number of thioether (sulfide) groups is 1. The van der Waals surface area contributed by atoms with Crippen molar-refractivity contribution >= 4 is 98.2 Å². The summed E-state index contributed by atoms with van der Waals surface area (Å²) in [5, 5.41) is 44.0. The summed E-state index contributed by atoms with van der Waals surface area (Å²) in [4.78, 5) is 156. The molecule has 1 aromatic heterocycles. The van der Waals surface area contributed by atoms with E-state index in [1.807, 2.05) is 0 Å². The summed E-state index contributed by atoms with van der Waals surface area (Å²) in [5.74, 6) is -14.5. The van der Waals surface area contributed by atoms with E-state index in [1.165, 1.54) is 36.9 Å². The third-order valence-electron chi connectivity index (χ3n) is 14.2. The van der Waals surface area contributed by atoms with Crippen LogP contribution in [0, 0.1) is 23.7 Å². The lowest BCUT2D eigenvalue weighted by Crippen LogP contribution is -2.56. The number of Topliss-reactive ketones (excluding diaryl/α,β-unsaturated/α-hetero) is 2. The lowest BCUT2D eigenvalue weighted by Gasteiger charge is -2.31. The first-order valence-corrected chi connectivity index (χ1v) is 27.2. The van der Waals surface area contributed by atoms with Gasteiger partial charge in [0, 0.05) is 62.4 Å². The van der Waals surface area contributed by atoms with Crippen LogP contribution < -0.4 is 37.1 Å². The van der Waals surface area contributed by atoms with Gasteiger partial charge in [-0.25, -0.2) is 0 Å². The third-order valence-corrected chi connectivity index (χ3v) is 16.6. The van der Waals surface area contributed by atoms with Crippen LogP contribution in [0.4, 0.5) is 0 Å². The number of nitrogens with zero attached hydrogens (tertiary/aromatic N) is 2. The Morgan fingerprint density at radius 2 is 1.59 bits per heavy atom. The number of benzene rings is 1. The Kier molecular flexibility index (Phi) is 19.7. The highest BCUT2D eigenvalue weighted by Gasteiger charge is 2.45. The fourth-order valence-electron chi connectivity index (χ4n) is 9.68. The summed E-state index contributed by atoms with van der Waals surface area (Å²) >= 11 is 1.26. The molecule has 4 aliphatic heterocycles. The number of aliphatic hydroxyl groups is 3. The van der Waals surface area contributed by atoms with Crippen molar-refractivity contribution in [3.05, 3.63) is 23.8 Å². The number of primary amides is 1. The molecule has 1 aromatic carbocycles. The van der Waals surface area contributed by atoms with Gasteiger partial charge in [0.25, 0.3) is 0 Å². The Morgan fingerprint density at radius 1 is 0.893 bits per heavy atom. The molecule has 11 N–H and O–H groups in total. The second kappa shape index (κ2) is 25.5. The molecule has 0 spiro atoms. The number of carbonyl (C=O) groups excluding carboxylic acids is 11. The van der Waals surface area contributed by atoms with Gasteiger partial charge >= 0.3 is 0 Å². The zero-order valence-electron chi connectivity index (χ0n) is 41.9. The molecule has 6 rings (SSSR count). The second-order valence-electron chi connectivity index (χ2n) is 19.4. The van der Waals surface area contributed by atoms with E-state index >= 15 is 0 Å². The number of hydrogen-bond donors (Lipinski definition) is 10. The molecule has 5 heterocycles. The van der Waals surface area contributed by atoms with Crippen molar-refractivity contribution in [3.63, 3.8) is 0 Å². The zero-order chi connectivity index (χ0) is 55.0. The van der Waals surface area contributed by atoms with Crippen LogP contribution in [0.5, 0.6) is 5.75 Å². The van der Waals surface area contributed by atoms with E-state index in [4.69, 9.17) is 10.5 Å². The van der Waals surface area contributed by atoms with E-state index in [0.29, 0.717) is 11.8 Å². The van der Waals surface area contributed by atoms with Gasteiger partial charge in [0.1, 0.15) is 29.5 Å². The van der Waals surface area contributed by atoms with Gasteiger partial charge in [0.2, 0.25) is 53.2 Å². The van der Waals surface area contributed by atoms with Gasteiger partial charge in [-0.2, -0.15) is 11.8 Å². The predicted molar refractivity (Wildman–Crippen MR) is 267 cm³/mol. The Bertz CT molecular complexity index is 2610. The van der Waals surface area contributed by atoms with E-state index in [2.05, 4.69) is 31.6 Å². The van der Waals surface area contributed by atoms with Gasteiger partial charge in [0.15, 0.2) is 11.6 Å². The number of ether oxygens (including phenoxy) is 1. The van der Waals surface area contributed by atoms with Gasteiger partial charge in [-0.3, -0.25) is 61.8 Å². The number of H-pyrrole nitrogens is 1. The maximum absolute atomic E-state index is 15.0. The van der Waals surface area contributed by atoms with Crippen LogP contribution in [0.3, 0.4) is 0 Å². The van der Waals surface area contributed by atoms with Crippen LogP contribution in [0.1, 0.15) is 64.9 Å². The number of hydrogen-bond acceptors (Lipinski definition) is 17. The summed E-state index contributed by atoms with van der Waals surface area (Å²) in [5.41, 5.74) is 5.92. The molecular formula is C48H65N9O16S2. The highest BCUT2D eigenvalue weighted by atomic mass is 32.2. The molecule has 2 bridgehead atoms. The average Bonchev–Trinajstić information content (AvgIpc) is 4.04. The summed E-state index contributed by atoms with van der Waals surface area (Å²) in [7, 11) is -2.39. The Hall–Kier alpha value is -6.29. The molecule has 2 saturated heterocycles. The minimum atomic E-state index is -2.39. The molecule has 2 fully saturated rings. The SMILES string of the molecule is CC[C@H](C)[C@@H]1NC(=O)CNC(=O)[C@H]2Cc3c([nH]c4cc(OCCN5C(=O)CC(SC)C5=O)ccc34)S(=O)C[C@H](NC(=O)CNC1=O)C(=O)C[C@@H](CC(N)=O)C(=O)N1C[C@H](O)C[C@H]1C(=O)C[C@@H]([C@@H](C)[C@@H](O)CO)C(=O)N2. The lowest BCUT2D eigenvalue weighted by atomic mass is 9.83. The van der Waals surface area contributed by atoms with Crippen LogP contribution >= 0.6 is 11.8 Å². The van der Waals surface area contributed by atoms with Crippen molar-refractivity contribution in [2.24, 2.45) is 29.4 Å². The first-order chi connectivity index (χ1) is 35.5. The first kappa shape index (κ1) is 58.0. The maximum Gasteiger partial charge on any atom is 0.243 e. The number of carbonyl (C=O) groups is 11. The van der Waals surface area contributed by atoms with E-state index in [0.717, 1.165) is 9.80 Å². The topological polar surface area (TPSA) is 383 Å². The number of rotatable bonds is 12. The van der Waals surface area contributed by atoms with Crippen molar-refractivity contribution in [1.82, 2.24) is 41.4 Å². The number of amides is 9. The molecule has 0 radical (unpaired) electrons. The van der Waals surface area contributed by atoms with Gasteiger partial charge in [-0.05, 0) is 35.8 Å². The number of nitrogens with two attached hydrogens (primary N) is 1. The summed E-state index contributed by atoms with van der Waals surface area (Å²) < 4.78 is 20.9. The van der Waals surface area contributed by atoms with Crippen molar-refractivity contribution < 1.29 is 77.0 Å². The Balaban J connectivity index is 1.51. The Labute approximate surface area is 437 Å². The number of likely N-dealkylation sites (tertiary alicyclic amines) is 1. The summed E-state index contributed by atoms with van der Waals surface area (Å²) in [6, 6.07) is -1.60. The average molecular weight is 1090 g/mol. The number of aromatic amines is 1. The van der Waals surface area contributed by atoms with Gasteiger partial charge in [-0.15, -0.1) is 0 Å². The van der Waals surface area contributed by atoms with E-state index in [1.54, 1.807) is 20.1 Å². The minimum Gasteiger partial charge on any atom is -0.492 e. The number of fused-ring (bicyclic) bond motifs is 5. The normalized spacial score (nSPS) is 28.4. The molecule has 410 valence electrons. The highest BCUT2D eigenvalue weighted by molar-refractivity contribution is 8.00. The zero-order valence-corrected chi connectivity index (χ0v) is 43.6. The number of aromatic nitrogens is 1. The molecule has 2 unspecified atom stereocenters. The van der Waals surface area contributed by atoms with Gasteiger partial charge in [0.05, 0.1) is 83.8 Å². The smallest absolute Gasteiger partial charge is 0.243 e. The molecule has 9 amide bonds. The van der Waals surface area contributed by atoms with Crippen molar-refractivity contribution in [2.45, 2.75) is 112 Å². The molecule has 25 nitrogen and oxygen atoms in total. The standard InChI is InChI=1S/C48H65N9O16S2/c1-5-22(2)42-45(69)51-17-39(64)52-32-21-75(72)46-29(27-7-6-26(13-30(27)54-46)73-9-8-56-41(66)16-37(74-4)48(56)71)14-31(44(68)50-18-40(65)55-42)53-43(67)28(23(3)36(62)20-58)15-35(61)33-12-25(59)19-57(33)47(70)24(10-34(32)60)11-38(49)63/h6-7,13,22-25,28,31-33,36-37,42,54,58-59,62H,5,8-12,14-21H2,1-4H3,(H2,49,63)(H,50,68)(H,51,69)(H,52,64)(H,53,67)(H,55,65)/t22-,23+,24-,25+,28-,31+,32-,33-,36-,37?,42-,75?/m0/s1. The summed E-state index contributed by atoms with van der Waals surface area (Å²) in [6.07, 6.45) is -3.95. The molecule has 27 heteroatoms. The fraction of sp³-hybridized carbons (Fsp3) is 0.604. The predicted octanol–water partition coefficient (Wildman–Crippen LogP) is -3.58. The third kappa shape index (κ3) is 14.0. The first-order valence-electron chi connectivity index (χ1n) is 24.6. The monoisotopic (exact) mass is 1090 g/mol. The van der Waals surface area contributed by atoms with E-state index in [-0.39, 0.29) is 59.7 Å². The maximum atomic E-state index is 15.0. The van der Waals surface area contributed by atoms with Crippen LogP contribution in [-0.2, 0) is 70.0 Å². The summed E-state index contributed by atoms with van der Waals surface area (Å²) in [6.45, 7) is 1.74. The quantitative estimate of drug-likeness (QED) is 0.0919. The number of nitrogens with one attached hydrogen (secondary N) is 6. The van der Waals surface area contributed by atoms with E-state index in [9.17, 15) is 72.3 Å². The van der Waals surface area contributed by atoms with E-state index < -0.39 is 187 Å². The second-order valence-corrected chi connectivity index (χ2v) is 21.9. The fourth-order valence-corrected chi connectivity index (χ4v) is 11.8. The molecule has 2 aromatic rings. The molecule has 0 saturated carbocycles. The van der Waals surface area contributed by atoms with Gasteiger partial charge < -0.3 is 62.3 Å². The van der Waals surface area contributed by atoms with Crippen LogP contribution in [-0.4, -0.2) is 192 Å². The highest BCUT2D eigenvalue weighted by Crippen LogP contribution is 2.33. The van der Waals surface area contributed by atoms with Crippen LogP contribution in [0.25, 0.3) is 10.9 Å². The molecule has 75 heavy (non-hydrogen) atoms. The number of imide groups is 1.